The maximum atomic E-state index is 5.90. The number of nitrogens with zero attached hydrogens (tertiary/aromatic N) is 1. The molecule has 1 aromatic heterocycles. The quantitative estimate of drug-likeness (QED) is 0.809. The lowest BCUT2D eigenvalue weighted by Crippen LogP contribution is -2.04. The Bertz CT molecular complexity index is 263. The summed E-state index contributed by atoms with van der Waals surface area (Å²) in [5, 5.41) is 0.703. The molecule has 0 saturated heterocycles. The van der Waals surface area contributed by atoms with Gasteiger partial charge in [-0.2, -0.15) is 12.6 Å². The van der Waals surface area contributed by atoms with E-state index in [0.717, 1.165) is 12.1 Å². The molecule has 0 aliphatic rings. The number of thiol groups is 1. The number of hydrogen-bond acceptors (Lipinski definition) is 3. The van der Waals surface area contributed by atoms with E-state index in [1.165, 1.54) is 0 Å². The third kappa shape index (κ3) is 4.98. The van der Waals surface area contributed by atoms with Gasteiger partial charge in [-0.15, -0.1) is 34.0 Å². The Labute approximate surface area is 116 Å². The lowest BCUT2D eigenvalue weighted by molar-refractivity contribution is 0.797. The Balaban J connectivity index is 0. The summed E-state index contributed by atoms with van der Waals surface area (Å²) in [6.45, 7) is 0.598. The van der Waals surface area contributed by atoms with E-state index in [2.05, 4.69) is 17.6 Å². The summed E-state index contributed by atoms with van der Waals surface area (Å²) in [6.07, 6.45) is 2.50. The van der Waals surface area contributed by atoms with Gasteiger partial charge in [-0.25, -0.2) is 0 Å². The monoisotopic (exact) mass is 362 g/mol. The van der Waals surface area contributed by atoms with E-state index in [0.29, 0.717) is 11.6 Å². The van der Waals surface area contributed by atoms with E-state index in [4.69, 9.17) is 17.3 Å². The van der Waals surface area contributed by atoms with Crippen LogP contribution in [-0.2, 0) is 0 Å². The molecule has 0 radical (unpaired) electrons. The van der Waals surface area contributed by atoms with Gasteiger partial charge in [0.2, 0.25) is 0 Å². The summed E-state index contributed by atoms with van der Waals surface area (Å²) < 4.78 is 0. The molecule has 1 unspecified atom stereocenters. The fraction of sp³-hybridized carbons (Fsp3) is 0.375. The van der Waals surface area contributed by atoms with E-state index < -0.39 is 0 Å². The second-order valence-corrected chi connectivity index (χ2v) is 3.49. The molecule has 2 nitrogen and oxygen atoms in total. The molecular weight excluding hydrogens is 351 g/mol. The maximum absolute atomic E-state index is 5.90. The van der Waals surface area contributed by atoms with Crippen molar-refractivity contribution in [2.75, 3.05) is 6.54 Å². The summed E-state index contributed by atoms with van der Waals surface area (Å²) in [5.41, 5.74) is 6.21. The summed E-state index contributed by atoms with van der Waals surface area (Å²) in [4.78, 5) is 4.13. The molecule has 0 fully saturated rings. The number of nitrogens with two attached hydrogens (primary N) is 1. The predicted molar refractivity (Wildman–Crippen MR) is 75.3 cm³/mol. The molecule has 0 spiro atoms. The standard InChI is InChI=1S/C8H11ClN2S.2BrH/c9-6-2-1-5-11-8(6)7(12)3-4-10;;/h1-2,5,7,12H,3-4,10H2;2*1H. The first-order valence-electron chi connectivity index (χ1n) is 3.74. The highest BCUT2D eigenvalue weighted by atomic mass is 79.9. The van der Waals surface area contributed by atoms with Crippen LogP contribution in [0.25, 0.3) is 0 Å². The molecule has 0 aliphatic carbocycles. The molecule has 2 N–H and O–H groups in total. The number of halogens is 3. The Kier molecular flexibility index (Phi) is 11.0. The number of rotatable bonds is 3. The van der Waals surface area contributed by atoms with Crippen molar-refractivity contribution >= 4 is 58.2 Å². The van der Waals surface area contributed by atoms with Crippen molar-refractivity contribution in [3.8, 4) is 0 Å². The van der Waals surface area contributed by atoms with Gasteiger partial charge in [-0.05, 0) is 25.1 Å². The first-order chi connectivity index (χ1) is 5.75. The van der Waals surface area contributed by atoms with Crippen molar-refractivity contribution in [2.45, 2.75) is 11.7 Å². The molecule has 0 aliphatic heterocycles. The van der Waals surface area contributed by atoms with Crippen molar-refractivity contribution in [3.63, 3.8) is 0 Å². The van der Waals surface area contributed by atoms with E-state index in [-0.39, 0.29) is 39.2 Å². The van der Waals surface area contributed by atoms with Gasteiger partial charge in [0, 0.05) is 11.4 Å². The fourth-order valence-electron chi connectivity index (χ4n) is 0.938. The zero-order valence-corrected chi connectivity index (χ0v) is 12.5. The Morgan fingerprint density at radius 3 is 2.64 bits per heavy atom. The third-order valence-electron chi connectivity index (χ3n) is 1.54. The summed E-state index contributed by atoms with van der Waals surface area (Å²) in [7, 11) is 0. The highest BCUT2D eigenvalue weighted by molar-refractivity contribution is 8.93. The lowest BCUT2D eigenvalue weighted by Gasteiger charge is -2.09. The van der Waals surface area contributed by atoms with Crippen LogP contribution in [0.2, 0.25) is 5.02 Å². The normalized spacial score (nSPS) is 11.1. The number of pyridine rings is 1. The minimum Gasteiger partial charge on any atom is -0.330 e. The minimum atomic E-state index is 0. The fourth-order valence-corrected chi connectivity index (χ4v) is 1.62. The van der Waals surface area contributed by atoms with Gasteiger partial charge >= 0.3 is 0 Å². The molecule has 82 valence electrons. The van der Waals surface area contributed by atoms with Gasteiger partial charge in [0.25, 0.3) is 0 Å². The average Bonchev–Trinajstić information content (AvgIpc) is 2.05. The van der Waals surface area contributed by atoms with Crippen molar-refractivity contribution in [1.82, 2.24) is 4.98 Å². The van der Waals surface area contributed by atoms with Gasteiger partial charge in [0.05, 0.1) is 10.7 Å². The van der Waals surface area contributed by atoms with Crippen molar-refractivity contribution in [2.24, 2.45) is 5.73 Å². The molecule has 1 rings (SSSR count). The molecule has 1 atom stereocenters. The van der Waals surface area contributed by atoms with Crippen LogP contribution in [0.5, 0.6) is 0 Å². The highest BCUT2D eigenvalue weighted by Gasteiger charge is 2.09. The van der Waals surface area contributed by atoms with Crippen LogP contribution in [0, 0.1) is 0 Å². The van der Waals surface area contributed by atoms with E-state index in [1.54, 1.807) is 12.3 Å². The van der Waals surface area contributed by atoms with Gasteiger partial charge in [0.1, 0.15) is 0 Å². The summed E-state index contributed by atoms with van der Waals surface area (Å²) >= 11 is 10.2. The molecule has 1 heterocycles. The Morgan fingerprint density at radius 1 is 1.50 bits per heavy atom. The first kappa shape index (κ1) is 17.1. The number of hydrogen-bond donors (Lipinski definition) is 2. The SMILES string of the molecule is Br.Br.NCCC(S)c1ncccc1Cl. The van der Waals surface area contributed by atoms with Crippen LogP contribution in [-0.4, -0.2) is 11.5 Å². The maximum Gasteiger partial charge on any atom is 0.0717 e. The van der Waals surface area contributed by atoms with E-state index in [9.17, 15) is 0 Å². The summed E-state index contributed by atoms with van der Waals surface area (Å²) in [6, 6.07) is 3.61. The highest BCUT2D eigenvalue weighted by Crippen LogP contribution is 2.26. The van der Waals surface area contributed by atoms with Crippen LogP contribution in [0.4, 0.5) is 0 Å². The third-order valence-corrected chi connectivity index (χ3v) is 2.37. The van der Waals surface area contributed by atoms with Crippen LogP contribution >= 0.6 is 58.2 Å². The molecule has 14 heavy (non-hydrogen) atoms. The van der Waals surface area contributed by atoms with Crippen LogP contribution < -0.4 is 5.73 Å². The van der Waals surface area contributed by atoms with E-state index in [1.807, 2.05) is 6.07 Å². The van der Waals surface area contributed by atoms with Crippen molar-refractivity contribution in [3.05, 3.63) is 29.0 Å². The average molecular weight is 365 g/mol. The smallest absolute Gasteiger partial charge is 0.0717 e. The van der Waals surface area contributed by atoms with Gasteiger partial charge in [-0.3, -0.25) is 4.98 Å². The van der Waals surface area contributed by atoms with E-state index >= 15 is 0 Å². The molecule has 0 bridgehead atoms. The van der Waals surface area contributed by atoms with Gasteiger partial charge in [0.15, 0.2) is 0 Å². The molecule has 1 aromatic rings. The second-order valence-electron chi connectivity index (χ2n) is 2.46. The van der Waals surface area contributed by atoms with Crippen molar-refractivity contribution in [1.29, 1.82) is 0 Å². The second kappa shape index (κ2) is 8.97. The van der Waals surface area contributed by atoms with Crippen LogP contribution in [0.15, 0.2) is 18.3 Å². The number of aromatic nitrogens is 1. The largest absolute Gasteiger partial charge is 0.330 e. The predicted octanol–water partition coefficient (Wildman–Crippen LogP) is 3.21. The lowest BCUT2D eigenvalue weighted by atomic mass is 10.2. The minimum absolute atomic E-state index is 0. The molecule has 0 saturated carbocycles. The zero-order chi connectivity index (χ0) is 8.97. The Hall–Kier alpha value is 0.710. The molecular formula is C8H13Br2ClN2S. The first-order valence-corrected chi connectivity index (χ1v) is 4.63. The van der Waals surface area contributed by atoms with Crippen LogP contribution in [0.1, 0.15) is 17.4 Å². The topological polar surface area (TPSA) is 38.9 Å². The molecule has 0 amide bonds. The molecule has 6 heteroatoms. The van der Waals surface area contributed by atoms with Gasteiger partial charge < -0.3 is 5.73 Å². The van der Waals surface area contributed by atoms with Crippen molar-refractivity contribution < 1.29 is 0 Å². The zero-order valence-electron chi connectivity index (χ0n) is 7.39. The van der Waals surface area contributed by atoms with Gasteiger partial charge in [-0.1, -0.05) is 11.6 Å². The summed E-state index contributed by atoms with van der Waals surface area (Å²) in [5.74, 6) is 0. The van der Waals surface area contributed by atoms with Crippen LogP contribution in [0.3, 0.4) is 0 Å². The Morgan fingerprint density at radius 2 is 2.14 bits per heavy atom. The molecule has 0 aromatic carbocycles.